The molecule has 0 aliphatic heterocycles. The molecule has 0 spiro atoms. The summed E-state index contributed by atoms with van der Waals surface area (Å²) >= 11 is 0. The lowest BCUT2D eigenvalue weighted by Gasteiger charge is -2.14. The predicted molar refractivity (Wildman–Crippen MR) is 164 cm³/mol. The van der Waals surface area contributed by atoms with Gasteiger partial charge in [-0.25, -0.2) is 9.59 Å². The lowest BCUT2D eigenvalue weighted by Crippen LogP contribution is -2.14. The zero-order chi connectivity index (χ0) is 28.9. The van der Waals surface area contributed by atoms with Crippen LogP contribution < -0.4 is 0 Å². The van der Waals surface area contributed by atoms with Crippen LogP contribution in [0.1, 0.15) is 163 Å². The lowest BCUT2D eigenvalue weighted by atomic mass is 10.0. The van der Waals surface area contributed by atoms with Gasteiger partial charge in [0.05, 0.1) is 13.2 Å². The van der Waals surface area contributed by atoms with Gasteiger partial charge in [0.25, 0.3) is 0 Å². The van der Waals surface area contributed by atoms with E-state index in [1.165, 1.54) is 109 Å². The second-order valence-corrected chi connectivity index (χ2v) is 11.0. The Balaban J connectivity index is 0. The minimum atomic E-state index is -0.264. The Labute approximate surface area is 237 Å². The van der Waals surface area contributed by atoms with Crippen LogP contribution in [-0.4, -0.2) is 25.2 Å². The molecule has 0 aliphatic carbocycles. The second-order valence-electron chi connectivity index (χ2n) is 11.0. The maximum Gasteiger partial charge on any atom is 0.333 e. The van der Waals surface area contributed by atoms with Crippen LogP contribution in [0.3, 0.4) is 0 Å². The van der Waals surface area contributed by atoms with E-state index in [0.29, 0.717) is 30.3 Å². The Hall–Kier alpha value is -1.58. The SMILES string of the molecule is C=C(C)C(=O)OCC(CC)CCCC.C=C(C)C(=O)OCCCCCCCCCCCCCCCCCC. The van der Waals surface area contributed by atoms with Crippen molar-refractivity contribution in [2.24, 2.45) is 5.92 Å². The summed E-state index contributed by atoms with van der Waals surface area (Å²) in [6.07, 6.45) is 26.4. The molecule has 0 aromatic carbocycles. The lowest BCUT2D eigenvalue weighted by molar-refractivity contribution is -0.140. The van der Waals surface area contributed by atoms with Gasteiger partial charge in [-0.2, -0.15) is 0 Å². The van der Waals surface area contributed by atoms with Gasteiger partial charge in [0.1, 0.15) is 0 Å². The molecule has 1 unspecified atom stereocenters. The highest BCUT2D eigenvalue weighted by Crippen LogP contribution is 2.14. The van der Waals surface area contributed by atoms with Crippen LogP contribution in [-0.2, 0) is 19.1 Å². The van der Waals surface area contributed by atoms with Crippen LogP contribution in [0.25, 0.3) is 0 Å². The average Bonchev–Trinajstić information content (AvgIpc) is 2.90. The topological polar surface area (TPSA) is 52.6 Å². The molecule has 0 saturated heterocycles. The van der Waals surface area contributed by atoms with Gasteiger partial charge in [-0.15, -0.1) is 0 Å². The fourth-order valence-corrected chi connectivity index (χ4v) is 4.15. The molecule has 0 heterocycles. The fourth-order valence-electron chi connectivity index (χ4n) is 4.15. The first kappa shape index (κ1) is 38.6. The molecule has 0 aliphatic rings. The van der Waals surface area contributed by atoms with E-state index >= 15 is 0 Å². The average molecular weight is 537 g/mol. The van der Waals surface area contributed by atoms with Gasteiger partial charge >= 0.3 is 11.9 Å². The summed E-state index contributed by atoms with van der Waals surface area (Å²) in [5, 5.41) is 0. The summed E-state index contributed by atoms with van der Waals surface area (Å²) in [7, 11) is 0. The summed E-state index contributed by atoms with van der Waals surface area (Å²) in [4.78, 5) is 22.3. The third kappa shape index (κ3) is 29.0. The molecule has 38 heavy (non-hydrogen) atoms. The van der Waals surface area contributed by atoms with Gasteiger partial charge in [-0.3, -0.25) is 0 Å². The van der Waals surface area contributed by atoms with Crippen LogP contribution in [0.4, 0.5) is 0 Å². The molecule has 0 bridgehead atoms. The van der Waals surface area contributed by atoms with Gasteiger partial charge < -0.3 is 9.47 Å². The van der Waals surface area contributed by atoms with E-state index in [1.807, 2.05) is 0 Å². The molecule has 1 atom stereocenters. The van der Waals surface area contributed by atoms with Gasteiger partial charge in [-0.05, 0) is 32.6 Å². The molecular weight excluding hydrogens is 472 g/mol. The Morgan fingerprint density at radius 1 is 0.553 bits per heavy atom. The molecule has 0 aromatic heterocycles. The largest absolute Gasteiger partial charge is 0.462 e. The van der Waals surface area contributed by atoms with Crippen molar-refractivity contribution in [2.45, 2.75) is 163 Å². The normalized spacial score (nSPS) is 11.3. The van der Waals surface area contributed by atoms with Gasteiger partial charge in [0.15, 0.2) is 0 Å². The van der Waals surface area contributed by atoms with Crippen molar-refractivity contribution in [3.63, 3.8) is 0 Å². The first-order valence-corrected chi connectivity index (χ1v) is 15.9. The zero-order valence-electron chi connectivity index (χ0n) is 26.2. The molecule has 0 saturated carbocycles. The van der Waals surface area contributed by atoms with E-state index in [2.05, 4.69) is 33.9 Å². The molecule has 4 nitrogen and oxygen atoms in total. The molecule has 0 rings (SSSR count). The maximum atomic E-state index is 11.2. The second kappa shape index (κ2) is 30.0. The van der Waals surface area contributed by atoms with Crippen molar-refractivity contribution in [2.75, 3.05) is 13.2 Å². The number of ether oxygens (including phenoxy) is 2. The van der Waals surface area contributed by atoms with E-state index in [0.717, 1.165) is 19.3 Å². The van der Waals surface area contributed by atoms with Crippen LogP contribution >= 0.6 is 0 Å². The number of unbranched alkanes of at least 4 members (excludes halogenated alkanes) is 16. The van der Waals surface area contributed by atoms with Crippen LogP contribution in [0.2, 0.25) is 0 Å². The number of carbonyl (C=O) groups excluding carboxylic acids is 2. The Bertz CT molecular complexity index is 581. The smallest absolute Gasteiger partial charge is 0.333 e. The van der Waals surface area contributed by atoms with Crippen molar-refractivity contribution in [3.8, 4) is 0 Å². The van der Waals surface area contributed by atoms with Crippen LogP contribution in [0, 0.1) is 5.92 Å². The van der Waals surface area contributed by atoms with E-state index in [9.17, 15) is 9.59 Å². The Kier molecular flexibility index (Phi) is 30.4. The quantitative estimate of drug-likeness (QED) is 0.0661. The molecular formula is C34H64O4. The molecule has 0 N–H and O–H groups in total. The number of carbonyl (C=O) groups is 2. The van der Waals surface area contributed by atoms with Crippen molar-refractivity contribution >= 4 is 11.9 Å². The minimum Gasteiger partial charge on any atom is -0.462 e. The molecule has 0 amide bonds. The number of hydrogen-bond donors (Lipinski definition) is 0. The molecule has 0 aromatic rings. The number of esters is 2. The Morgan fingerprint density at radius 2 is 0.921 bits per heavy atom. The summed E-state index contributed by atoms with van der Waals surface area (Å²) in [5.74, 6) is -0.00541. The number of hydrogen-bond acceptors (Lipinski definition) is 4. The summed E-state index contributed by atoms with van der Waals surface area (Å²) in [6.45, 7) is 18.2. The van der Waals surface area contributed by atoms with Crippen molar-refractivity contribution in [1.82, 2.24) is 0 Å². The highest BCUT2D eigenvalue weighted by atomic mass is 16.5. The molecule has 4 heteroatoms. The van der Waals surface area contributed by atoms with Crippen LogP contribution in [0.15, 0.2) is 24.3 Å². The van der Waals surface area contributed by atoms with Gasteiger partial charge in [0.2, 0.25) is 0 Å². The molecule has 0 fully saturated rings. The first-order valence-electron chi connectivity index (χ1n) is 15.9. The third-order valence-corrected chi connectivity index (χ3v) is 6.92. The van der Waals surface area contributed by atoms with E-state index < -0.39 is 0 Å². The monoisotopic (exact) mass is 536 g/mol. The summed E-state index contributed by atoms with van der Waals surface area (Å²) < 4.78 is 10.2. The highest BCUT2D eigenvalue weighted by Gasteiger charge is 2.10. The Morgan fingerprint density at radius 3 is 1.29 bits per heavy atom. The predicted octanol–water partition coefficient (Wildman–Crippen LogP) is 10.7. The summed E-state index contributed by atoms with van der Waals surface area (Å²) in [5.41, 5.74) is 0.974. The van der Waals surface area contributed by atoms with Crippen LogP contribution in [0.5, 0.6) is 0 Å². The highest BCUT2D eigenvalue weighted by molar-refractivity contribution is 5.87. The first-order chi connectivity index (χ1) is 18.3. The van der Waals surface area contributed by atoms with E-state index in [4.69, 9.17) is 9.47 Å². The number of rotatable bonds is 25. The van der Waals surface area contributed by atoms with Gasteiger partial charge in [0, 0.05) is 11.1 Å². The van der Waals surface area contributed by atoms with E-state index in [-0.39, 0.29) is 11.9 Å². The maximum absolute atomic E-state index is 11.2. The van der Waals surface area contributed by atoms with Gasteiger partial charge in [-0.1, -0.05) is 150 Å². The standard InChI is InChI=1S/C22H42O2.C12H22O2/c1-4-5-6-7-8-9-10-11-12-13-14-15-16-17-18-19-20-24-22(23)21(2)3;1-5-7-8-11(6-2)9-14-12(13)10(3)4/h2,4-20H2,1,3H3;11H,3,5-9H2,1-2,4H3. The fraction of sp³-hybridized carbons (Fsp3) is 0.824. The zero-order valence-corrected chi connectivity index (χ0v) is 26.2. The van der Waals surface area contributed by atoms with Crippen molar-refractivity contribution < 1.29 is 19.1 Å². The van der Waals surface area contributed by atoms with E-state index in [1.54, 1.807) is 13.8 Å². The van der Waals surface area contributed by atoms with Crippen molar-refractivity contribution in [3.05, 3.63) is 24.3 Å². The third-order valence-electron chi connectivity index (χ3n) is 6.92. The minimum absolute atomic E-state index is 0.254. The molecule has 224 valence electrons. The summed E-state index contributed by atoms with van der Waals surface area (Å²) in [6, 6.07) is 0. The molecule has 0 radical (unpaired) electrons. The van der Waals surface area contributed by atoms with Crippen molar-refractivity contribution in [1.29, 1.82) is 0 Å².